The zero-order chi connectivity index (χ0) is 22.1. The Balaban J connectivity index is 0.00000480. The lowest BCUT2D eigenvalue weighted by Gasteiger charge is -2.19. The van der Waals surface area contributed by atoms with E-state index in [9.17, 15) is 4.79 Å². The number of guanidine groups is 1. The highest BCUT2D eigenvalue weighted by Gasteiger charge is 2.15. The Labute approximate surface area is 201 Å². The Bertz CT molecular complexity index is 858. The molecule has 0 bridgehead atoms. The van der Waals surface area contributed by atoms with Gasteiger partial charge in [0.05, 0.1) is 5.69 Å². The van der Waals surface area contributed by atoms with Gasteiger partial charge in [-0.15, -0.1) is 24.0 Å². The summed E-state index contributed by atoms with van der Waals surface area (Å²) < 4.78 is 7.03. The van der Waals surface area contributed by atoms with Crippen LogP contribution in [0.3, 0.4) is 0 Å². The van der Waals surface area contributed by atoms with Crippen LogP contribution in [0.25, 0.3) is 5.82 Å². The van der Waals surface area contributed by atoms with Crippen molar-refractivity contribution in [3.63, 3.8) is 0 Å². The average molecular weight is 543 g/mol. The van der Waals surface area contributed by atoms with Crippen molar-refractivity contribution in [2.75, 3.05) is 20.1 Å². The smallest absolute Gasteiger partial charge is 0.407 e. The van der Waals surface area contributed by atoms with Crippen LogP contribution in [0.2, 0.25) is 0 Å². The Morgan fingerprint density at radius 3 is 2.42 bits per heavy atom. The second-order valence-electron chi connectivity index (χ2n) is 8.00. The molecule has 0 unspecified atom stereocenters. The molecule has 0 aromatic carbocycles. The predicted molar refractivity (Wildman–Crippen MR) is 133 cm³/mol. The third-order valence-electron chi connectivity index (χ3n) is 4.03. The lowest BCUT2D eigenvalue weighted by Crippen LogP contribution is -2.39. The van der Waals surface area contributed by atoms with Crippen LogP contribution in [0.15, 0.2) is 29.4 Å². The van der Waals surface area contributed by atoms with Crippen molar-refractivity contribution in [3.05, 3.63) is 41.3 Å². The van der Waals surface area contributed by atoms with Gasteiger partial charge in [-0.1, -0.05) is 6.07 Å². The molecular formula is C21H34IN7O2. The summed E-state index contributed by atoms with van der Waals surface area (Å²) in [7, 11) is 1.72. The number of hydrogen-bond acceptors (Lipinski definition) is 5. The van der Waals surface area contributed by atoms with E-state index in [1.165, 1.54) is 0 Å². The molecule has 0 aliphatic carbocycles. The molecule has 9 nitrogen and oxygen atoms in total. The van der Waals surface area contributed by atoms with Gasteiger partial charge in [-0.2, -0.15) is 5.10 Å². The number of rotatable bonds is 7. The first-order valence-corrected chi connectivity index (χ1v) is 10.1. The Morgan fingerprint density at radius 2 is 1.87 bits per heavy atom. The summed E-state index contributed by atoms with van der Waals surface area (Å²) in [4.78, 5) is 20.3. The molecule has 1 amide bonds. The first kappa shape index (κ1) is 26.7. The third-order valence-corrected chi connectivity index (χ3v) is 4.03. The van der Waals surface area contributed by atoms with E-state index in [2.05, 4.69) is 31.0 Å². The summed E-state index contributed by atoms with van der Waals surface area (Å²) in [6.07, 6.45) is 2.18. The van der Waals surface area contributed by atoms with Crippen LogP contribution in [-0.4, -0.2) is 52.6 Å². The van der Waals surface area contributed by atoms with Crippen molar-refractivity contribution in [1.82, 2.24) is 30.7 Å². The first-order chi connectivity index (χ1) is 14.2. The molecule has 0 aliphatic rings. The predicted octanol–water partition coefficient (Wildman–Crippen LogP) is 3.08. The van der Waals surface area contributed by atoms with E-state index >= 15 is 0 Å². The zero-order valence-electron chi connectivity index (χ0n) is 19.2. The average Bonchev–Trinajstić information content (AvgIpc) is 3.01. The van der Waals surface area contributed by atoms with Gasteiger partial charge in [-0.05, 0) is 58.7 Å². The maximum absolute atomic E-state index is 11.6. The highest BCUT2D eigenvalue weighted by atomic mass is 127. The molecule has 0 aliphatic heterocycles. The molecule has 2 aromatic rings. The molecule has 3 N–H and O–H groups in total. The molecule has 172 valence electrons. The van der Waals surface area contributed by atoms with Gasteiger partial charge >= 0.3 is 6.09 Å². The van der Waals surface area contributed by atoms with Crippen LogP contribution in [-0.2, 0) is 11.3 Å². The number of carbonyl (C=O) groups is 1. The molecule has 0 spiro atoms. The lowest BCUT2D eigenvalue weighted by atomic mass is 10.2. The molecule has 2 heterocycles. The molecule has 31 heavy (non-hydrogen) atoms. The number of pyridine rings is 1. The Hall–Kier alpha value is -2.37. The minimum atomic E-state index is -0.489. The number of aliphatic imine (C=N–C) groups is 1. The molecule has 0 radical (unpaired) electrons. The summed E-state index contributed by atoms with van der Waals surface area (Å²) in [6, 6.07) is 5.99. The number of alkyl carbamates (subject to hydrolysis) is 1. The van der Waals surface area contributed by atoms with E-state index in [4.69, 9.17) is 4.74 Å². The van der Waals surface area contributed by atoms with E-state index in [1.807, 2.05) is 63.7 Å². The van der Waals surface area contributed by atoms with Gasteiger partial charge in [0.2, 0.25) is 0 Å². The molecule has 10 heteroatoms. The first-order valence-electron chi connectivity index (χ1n) is 10.1. The normalized spacial score (nSPS) is 11.5. The van der Waals surface area contributed by atoms with Gasteiger partial charge in [0.1, 0.15) is 5.60 Å². The van der Waals surface area contributed by atoms with E-state index in [0.29, 0.717) is 25.6 Å². The van der Waals surface area contributed by atoms with E-state index in [0.717, 1.165) is 29.2 Å². The third kappa shape index (κ3) is 9.53. The van der Waals surface area contributed by atoms with Gasteiger partial charge in [0, 0.05) is 38.6 Å². The minimum absolute atomic E-state index is 0. The van der Waals surface area contributed by atoms with Crippen molar-refractivity contribution in [2.24, 2.45) is 4.99 Å². The monoisotopic (exact) mass is 543 g/mol. The molecule has 0 saturated carbocycles. The van der Waals surface area contributed by atoms with Crippen molar-refractivity contribution in [1.29, 1.82) is 0 Å². The summed E-state index contributed by atoms with van der Waals surface area (Å²) in [5, 5.41) is 13.7. The fraction of sp³-hybridized carbons (Fsp3) is 0.524. The maximum atomic E-state index is 11.6. The summed E-state index contributed by atoms with van der Waals surface area (Å²) in [6.45, 7) is 11.3. The number of halogens is 1. The maximum Gasteiger partial charge on any atom is 0.407 e. The van der Waals surface area contributed by atoms with Crippen molar-refractivity contribution in [2.45, 2.75) is 53.2 Å². The van der Waals surface area contributed by atoms with Gasteiger partial charge in [0.25, 0.3) is 0 Å². The van der Waals surface area contributed by atoms with Gasteiger partial charge in [-0.3, -0.25) is 4.99 Å². The minimum Gasteiger partial charge on any atom is -0.444 e. The molecular weight excluding hydrogens is 509 g/mol. The fourth-order valence-electron chi connectivity index (χ4n) is 2.71. The highest BCUT2D eigenvalue weighted by molar-refractivity contribution is 14.0. The lowest BCUT2D eigenvalue weighted by molar-refractivity contribution is 0.0527. The van der Waals surface area contributed by atoms with Crippen LogP contribution in [0, 0.1) is 13.8 Å². The quantitative estimate of drug-likeness (QED) is 0.215. The zero-order valence-corrected chi connectivity index (χ0v) is 21.5. The fourth-order valence-corrected chi connectivity index (χ4v) is 2.71. The van der Waals surface area contributed by atoms with E-state index in [1.54, 1.807) is 7.05 Å². The SMILES string of the molecule is CN=C(NCCCNC(=O)OC(C)(C)C)NCc1ccc(-n2nc(C)cc2C)nc1.I. The topological polar surface area (TPSA) is 105 Å². The number of ether oxygens (including phenoxy) is 1. The van der Waals surface area contributed by atoms with Crippen molar-refractivity contribution >= 4 is 36.0 Å². The molecule has 0 fully saturated rings. The van der Waals surface area contributed by atoms with Crippen molar-refractivity contribution in [3.8, 4) is 5.82 Å². The number of carbonyl (C=O) groups excluding carboxylic acids is 1. The molecule has 0 saturated heterocycles. The molecule has 2 aromatic heterocycles. The highest BCUT2D eigenvalue weighted by Crippen LogP contribution is 2.10. The largest absolute Gasteiger partial charge is 0.444 e. The van der Waals surface area contributed by atoms with Crippen molar-refractivity contribution < 1.29 is 9.53 Å². The number of hydrogen-bond donors (Lipinski definition) is 3. The number of nitrogens with zero attached hydrogens (tertiary/aromatic N) is 4. The number of aromatic nitrogens is 3. The van der Waals surface area contributed by atoms with E-state index < -0.39 is 11.7 Å². The number of aryl methyl sites for hydroxylation is 2. The van der Waals surface area contributed by atoms with Crippen LogP contribution in [0.5, 0.6) is 0 Å². The Kier molecular flexibility index (Phi) is 10.7. The van der Waals surface area contributed by atoms with Crippen LogP contribution >= 0.6 is 24.0 Å². The van der Waals surface area contributed by atoms with Crippen LogP contribution < -0.4 is 16.0 Å². The summed E-state index contributed by atoms with van der Waals surface area (Å²) in [5.41, 5.74) is 2.57. The van der Waals surface area contributed by atoms with E-state index in [-0.39, 0.29) is 24.0 Å². The van der Waals surface area contributed by atoms with Crippen LogP contribution in [0.1, 0.15) is 44.1 Å². The van der Waals surface area contributed by atoms with Gasteiger partial charge in [-0.25, -0.2) is 14.5 Å². The second kappa shape index (κ2) is 12.5. The second-order valence-corrected chi connectivity index (χ2v) is 8.00. The molecule has 0 atom stereocenters. The number of amides is 1. The number of nitrogens with one attached hydrogen (secondary N) is 3. The molecule has 2 rings (SSSR count). The summed E-state index contributed by atoms with van der Waals surface area (Å²) in [5.74, 6) is 1.49. The van der Waals surface area contributed by atoms with Crippen LogP contribution in [0.4, 0.5) is 4.79 Å². The Morgan fingerprint density at radius 1 is 1.16 bits per heavy atom. The summed E-state index contributed by atoms with van der Waals surface area (Å²) >= 11 is 0. The van der Waals surface area contributed by atoms with Gasteiger partial charge in [0.15, 0.2) is 11.8 Å². The standard InChI is InChI=1S/C21H33N7O2.HI/c1-15-12-16(2)28(27-15)18-9-8-17(13-25-18)14-26-19(22-6)23-10-7-11-24-20(29)30-21(3,4)5;/h8-9,12-13H,7,10-11,14H2,1-6H3,(H,24,29)(H2,22,23,26);1H. The van der Waals surface area contributed by atoms with Gasteiger partial charge < -0.3 is 20.7 Å².